The second kappa shape index (κ2) is 5.50. The highest BCUT2D eigenvalue weighted by atomic mass is 35.5. The largest absolute Gasteiger partial charge is 0.451 e. The van der Waals surface area contributed by atoms with E-state index in [2.05, 4.69) is 10.6 Å². The standard InChI is InChI=1S/C16H13ClN2O2/c1-18-11-6-7-13(12(17)9-11)19-16(20)15-8-10-4-2-3-5-14(10)21-15/h2-9,18H,1H3,(H,19,20). The minimum Gasteiger partial charge on any atom is -0.451 e. The number of benzene rings is 2. The summed E-state index contributed by atoms with van der Waals surface area (Å²) in [6, 6.07) is 14.5. The molecule has 0 bridgehead atoms. The lowest BCUT2D eigenvalue weighted by Crippen LogP contribution is -2.11. The van der Waals surface area contributed by atoms with Crippen LogP contribution < -0.4 is 10.6 Å². The summed E-state index contributed by atoms with van der Waals surface area (Å²) in [4.78, 5) is 12.2. The van der Waals surface area contributed by atoms with Crippen LogP contribution in [0.25, 0.3) is 11.0 Å². The van der Waals surface area contributed by atoms with E-state index in [1.54, 1.807) is 25.2 Å². The van der Waals surface area contributed by atoms with Gasteiger partial charge in [-0.2, -0.15) is 0 Å². The summed E-state index contributed by atoms with van der Waals surface area (Å²) in [6.45, 7) is 0. The third-order valence-corrected chi connectivity index (χ3v) is 3.47. The van der Waals surface area contributed by atoms with Crippen LogP contribution in [-0.2, 0) is 0 Å². The Kier molecular flexibility index (Phi) is 3.54. The first kappa shape index (κ1) is 13.5. The highest BCUT2D eigenvalue weighted by Gasteiger charge is 2.13. The van der Waals surface area contributed by atoms with E-state index in [0.29, 0.717) is 16.3 Å². The van der Waals surface area contributed by atoms with Crippen LogP contribution in [0.1, 0.15) is 10.6 Å². The predicted molar refractivity (Wildman–Crippen MR) is 85.2 cm³/mol. The monoisotopic (exact) mass is 300 g/mol. The number of hydrogen-bond donors (Lipinski definition) is 2. The summed E-state index contributed by atoms with van der Waals surface area (Å²) in [5, 5.41) is 7.08. The van der Waals surface area contributed by atoms with Gasteiger partial charge in [0.15, 0.2) is 5.76 Å². The number of para-hydroxylation sites is 1. The fraction of sp³-hybridized carbons (Fsp3) is 0.0625. The topological polar surface area (TPSA) is 54.3 Å². The summed E-state index contributed by atoms with van der Waals surface area (Å²) in [5.74, 6) is -0.0738. The van der Waals surface area contributed by atoms with Gasteiger partial charge in [0.25, 0.3) is 5.91 Å². The Morgan fingerprint density at radius 1 is 1.14 bits per heavy atom. The zero-order chi connectivity index (χ0) is 14.8. The molecule has 1 heterocycles. The molecule has 1 aromatic heterocycles. The minimum absolute atomic E-state index is 0.255. The number of rotatable bonds is 3. The first-order valence-electron chi connectivity index (χ1n) is 6.44. The van der Waals surface area contributed by atoms with Crippen LogP contribution in [0, 0.1) is 0 Å². The SMILES string of the molecule is CNc1ccc(NC(=O)c2cc3ccccc3o2)c(Cl)c1. The number of nitrogens with one attached hydrogen (secondary N) is 2. The lowest BCUT2D eigenvalue weighted by molar-refractivity contribution is 0.0998. The molecule has 0 unspecified atom stereocenters. The van der Waals surface area contributed by atoms with E-state index < -0.39 is 0 Å². The molecule has 2 N–H and O–H groups in total. The maximum Gasteiger partial charge on any atom is 0.291 e. The first-order valence-corrected chi connectivity index (χ1v) is 6.82. The van der Waals surface area contributed by atoms with Gasteiger partial charge in [-0.05, 0) is 30.3 Å². The third-order valence-electron chi connectivity index (χ3n) is 3.16. The number of fused-ring (bicyclic) bond motifs is 1. The molecule has 0 aliphatic heterocycles. The molecule has 0 spiro atoms. The van der Waals surface area contributed by atoms with Gasteiger partial charge in [-0.3, -0.25) is 4.79 Å². The van der Waals surface area contributed by atoms with E-state index >= 15 is 0 Å². The Labute approximate surface area is 126 Å². The molecule has 3 rings (SSSR count). The molecule has 0 aliphatic carbocycles. The van der Waals surface area contributed by atoms with Gasteiger partial charge in [0.1, 0.15) is 5.58 Å². The third kappa shape index (κ3) is 2.71. The maximum absolute atomic E-state index is 12.2. The van der Waals surface area contributed by atoms with Crippen LogP contribution in [0.15, 0.2) is 52.9 Å². The molecule has 0 saturated carbocycles. The molecule has 2 aromatic carbocycles. The van der Waals surface area contributed by atoms with Gasteiger partial charge in [0.05, 0.1) is 10.7 Å². The van der Waals surface area contributed by atoms with Crippen LogP contribution in [0.3, 0.4) is 0 Å². The average molecular weight is 301 g/mol. The van der Waals surface area contributed by atoms with Crippen molar-refractivity contribution < 1.29 is 9.21 Å². The quantitative estimate of drug-likeness (QED) is 0.754. The normalized spacial score (nSPS) is 10.6. The van der Waals surface area contributed by atoms with Crippen molar-refractivity contribution in [2.75, 3.05) is 17.7 Å². The van der Waals surface area contributed by atoms with Crippen molar-refractivity contribution in [2.45, 2.75) is 0 Å². The average Bonchev–Trinajstić information content (AvgIpc) is 2.93. The highest BCUT2D eigenvalue weighted by Crippen LogP contribution is 2.26. The molecule has 4 nitrogen and oxygen atoms in total. The molecule has 0 fully saturated rings. The predicted octanol–water partition coefficient (Wildman–Crippen LogP) is 4.38. The van der Waals surface area contributed by atoms with Crippen LogP contribution in [0.4, 0.5) is 11.4 Å². The second-order valence-electron chi connectivity index (χ2n) is 4.55. The Bertz CT molecular complexity index is 778. The van der Waals surface area contributed by atoms with Gasteiger partial charge >= 0.3 is 0 Å². The Morgan fingerprint density at radius 3 is 2.67 bits per heavy atom. The summed E-state index contributed by atoms with van der Waals surface area (Å²) in [7, 11) is 1.80. The summed E-state index contributed by atoms with van der Waals surface area (Å²) in [6.07, 6.45) is 0. The number of furan rings is 1. The van der Waals surface area contributed by atoms with Crippen LogP contribution in [0.5, 0.6) is 0 Å². The van der Waals surface area contributed by atoms with Crippen molar-refractivity contribution in [1.82, 2.24) is 0 Å². The minimum atomic E-state index is -0.328. The Morgan fingerprint density at radius 2 is 1.95 bits per heavy atom. The smallest absolute Gasteiger partial charge is 0.291 e. The fourth-order valence-electron chi connectivity index (χ4n) is 2.05. The van der Waals surface area contributed by atoms with Crippen molar-refractivity contribution in [2.24, 2.45) is 0 Å². The fourth-order valence-corrected chi connectivity index (χ4v) is 2.28. The van der Waals surface area contributed by atoms with Crippen LogP contribution >= 0.6 is 11.6 Å². The van der Waals surface area contributed by atoms with Crippen molar-refractivity contribution in [1.29, 1.82) is 0 Å². The van der Waals surface area contributed by atoms with Crippen LogP contribution in [0.2, 0.25) is 5.02 Å². The molecule has 0 saturated heterocycles. The molecule has 0 radical (unpaired) electrons. The lowest BCUT2D eigenvalue weighted by Gasteiger charge is -2.07. The molecule has 3 aromatic rings. The number of amides is 1. The van der Waals surface area contributed by atoms with E-state index in [9.17, 15) is 4.79 Å². The molecule has 0 aliphatic rings. The number of anilines is 2. The van der Waals surface area contributed by atoms with Gasteiger partial charge in [-0.25, -0.2) is 0 Å². The van der Waals surface area contributed by atoms with E-state index in [1.807, 2.05) is 30.3 Å². The molecular formula is C16H13ClN2O2. The van der Waals surface area contributed by atoms with Gasteiger partial charge in [-0.15, -0.1) is 0 Å². The van der Waals surface area contributed by atoms with Crippen molar-refractivity contribution in [3.63, 3.8) is 0 Å². The van der Waals surface area contributed by atoms with Gasteiger partial charge < -0.3 is 15.1 Å². The summed E-state index contributed by atoms with van der Waals surface area (Å²) >= 11 is 6.13. The number of halogens is 1. The number of hydrogen-bond acceptors (Lipinski definition) is 3. The molecule has 0 atom stereocenters. The van der Waals surface area contributed by atoms with Crippen molar-refractivity contribution >= 4 is 39.9 Å². The number of carbonyl (C=O) groups excluding carboxylic acids is 1. The maximum atomic E-state index is 12.2. The zero-order valence-corrected chi connectivity index (χ0v) is 12.1. The zero-order valence-electron chi connectivity index (χ0n) is 11.3. The van der Waals surface area contributed by atoms with E-state index in [-0.39, 0.29) is 11.7 Å². The molecule has 5 heteroatoms. The van der Waals surface area contributed by atoms with Crippen molar-refractivity contribution in [3.8, 4) is 0 Å². The van der Waals surface area contributed by atoms with Gasteiger partial charge in [0, 0.05) is 18.1 Å². The highest BCUT2D eigenvalue weighted by molar-refractivity contribution is 6.34. The molecule has 21 heavy (non-hydrogen) atoms. The Hall–Kier alpha value is -2.46. The second-order valence-corrected chi connectivity index (χ2v) is 4.95. The molecule has 106 valence electrons. The lowest BCUT2D eigenvalue weighted by atomic mass is 10.2. The summed E-state index contributed by atoms with van der Waals surface area (Å²) in [5.41, 5.74) is 2.10. The van der Waals surface area contributed by atoms with E-state index in [1.165, 1.54) is 0 Å². The van der Waals surface area contributed by atoms with Crippen LogP contribution in [-0.4, -0.2) is 13.0 Å². The number of carbonyl (C=O) groups is 1. The molecule has 1 amide bonds. The Balaban J connectivity index is 1.85. The summed E-state index contributed by atoms with van der Waals surface area (Å²) < 4.78 is 5.52. The van der Waals surface area contributed by atoms with E-state index in [4.69, 9.17) is 16.0 Å². The van der Waals surface area contributed by atoms with E-state index in [0.717, 1.165) is 11.1 Å². The first-order chi connectivity index (χ1) is 10.2. The van der Waals surface area contributed by atoms with Gasteiger partial charge in [-0.1, -0.05) is 29.8 Å². The van der Waals surface area contributed by atoms with Crippen molar-refractivity contribution in [3.05, 3.63) is 59.3 Å². The van der Waals surface area contributed by atoms with Gasteiger partial charge in [0.2, 0.25) is 0 Å². The molecular weight excluding hydrogens is 288 g/mol.